The van der Waals surface area contributed by atoms with Crippen LogP contribution in [-0.2, 0) is 6.42 Å². The van der Waals surface area contributed by atoms with Gasteiger partial charge in [-0.3, -0.25) is 14.9 Å². The Bertz CT molecular complexity index is 1750. The molecule has 0 saturated heterocycles. The van der Waals surface area contributed by atoms with Crippen LogP contribution in [-0.4, -0.2) is 25.8 Å². The molecule has 0 saturated carbocycles. The second kappa shape index (κ2) is 10.9. The van der Waals surface area contributed by atoms with E-state index >= 15 is 0 Å². The summed E-state index contributed by atoms with van der Waals surface area (Å²) in [5.41, 5.74) is 0.852. The smallest absolute Gasteiger partial charge is 0.287 e. The Balaban J connectivity index is 1.63. The first kappa shape index (κ1) is 25.2. The highest BCUT2D eigenvalue weighted by Crippen LogP contribution is 2.30. The first-order chi connectivity index (χ1) is 18.4. The van der Waals surface area contributed by atoms with Crippen LogP contribution in [0, 0.1) is 10.1 Å². The van der Waals surface area contributed by atoms with Crippen LogP contribution in [0.2, 0.25) is 0 Å². The number of nitrogens with zero attached hydrogens (tertiary/aromatic N) is 5. The van der Waals surface area contributed by atoms with Crippen LogP contribution < -0.4 is 10.3 Å². The standard InChI is InChI=1S/C28H22BrN5O4/c1-2-3-8-26-32-24-12-10-19(29)15-22(24)28(35)33(26)31-17-23-21-7-5-4-6-18(21)9-13-25(23)38-27-14-11-20(16-30-27)34(36)37/h4-7,9-17H,2-3,8H2,1H3. The monoisotopic (exact) mass is 571 g/mol. The van der Waals surface area contributed by atoms with E-state index in [9.17, 15) is 14.9 Å². The van der Waals surface area contributed by atoms with Crippen molar-refractivity contribution in [3.8, 4) is 11.6 Å². The van der Waals surface area contributed by atoms with Crippen LogP contribution in [0.15, 0.2) is 87.3 Å². The zero-order valence-electron chi connectivity index (χ0n) is 20.4. The summed E-state index contributed by atoms with van der Waals surface area (Å²) in [7, 11) is 0. The Kier molecular flexibility index (Phi) is 7.23. The SMILES string of the molecule is CCCCc1nc2ccc(Br)cc2c(=O)n1N=Cc1c(Oc2ccc([N+](=O)[O-])cn2)ccc2ccccc12. The Morgan fingerprint density at radius 3 is 2.71 bits per heavy atom. The predicted molar refractivity (Wildman–Crippen MR) is 150 cm³/mol. The highest BCUT2D eigenvalue weighted by molar-refractivity contribution is 9.10. The molecule has 5 aromatic rings. The number of rotatable bonds is 8. The lowest BCUT2D eigenvalue weighted by Gasteiger charge is -2.12. The molecule has 10 heteroatoms. The van der Waals surface area contributed by atoms with Gasteiger partial charge in [0.25, 0.3) is 11.2 Å². The first-order valence-corrected chi connectivity index (χ1v) is 12.8. The zero-order valence-corrected chi connectivity index (χ0v) is 22.0. The van der Waals surface area contributed by atoms with Crippen molar-refractivity contribution >= 4 is 49.5 Å². The zero-order chi connectivity index (χ0) is 26.6. The van der Waals surface area contributed by atoms with Crippen molar-refractivity contribution in [1.82, 2.24) is 14.6 Å². The number of benzene rings is 3. The quantitative estimate of drug-likeness (QED) is 0.117. The molecule has 0 fully saturated rings. The number of hydrogen-bond donors (Lipinski definition) is 0. The number of aromatic nitrogens is 3. The van der Waals surface area contributed by atoms with E-state index < -0.39 is 4.92 Å². The third-order valence-electron chi connectivity index (χ3n) is 6.01. The van der Waals surface area contributed by atoms with Gasteiger partial charge in [-0.1, -0.05) is 59.6 Å². The molecule has 9 nitrogen and oxygen atoms in total. The van der Waals surface area contributed by atoms with Gasteiger partial charge in [-0.2, -0.15) is 9.78 Å². The van der Waals surface area contributed by atoms with Gasteiger partial charge in [0.2, 0.25) is 5.88 Å². The molecule has 0 spiro atoms. The van der Waals surface area contributed by atoms with E-state index in [1.807, 2.05) is 42.5 Å². The second-order valence-electron chi connectivity index (χ2n) is 8.57. The molecule has 0 atom stereocenters. The van der Waals surface area contributed by atoms with Gasteiger partial charge in [-0.05, 0) is 41.5 Å². The van der Waals surface area contributed by atoms with E-state index in [-0.39, 0.29) is 17.1 Å². The Morgan fingerprint density at radius 2 is 1.95 bits per heavy atom. The molecule has 2 heterocycles. The number of unbranched alkanes of at least 4 members (excludes halogenated alkanes) is 1. The number of fused-ring (bicyclic) bond motifs is 2. The second-order valence-corrected chi connectivity index (χ2v) is 9.48. The molecule has 0 aliphatic rings. The van der Waals surface area contributed by atoms with Crippen LogP contribution in [0.5, 0.6) is 11.6 Å². The molecule has 0 aliphatic carbocycles. The average Bonchev–Trinajstić information content (AvgIpc) is 2.93. The van der Waals surface area contributed by atoms with Crippen molar-refractivity contribution < 1.29 is 9.66 Å². The molecule has 38 heavy (non-hydrogen) atoms. The van der Waals surface area contributed by atoms with Gasteiger partial charge in [0, 0.05) is 28.6 Å². The fraction of sp³-hybridized carbons (Fsp3) is 0.143. The van der Waals surface area contributed by atoms with Crippen LogP contribution in [0.1, 0.15) is 31.2 Å². The summed E-state index contributed by atoms with van der Waals surface area (Å²) in [6.07, 6.45) is 5.13. The van der Waals surface area contributed by atoms with E-state index in [0.717, 1.165) is 34.3 Å². The fourth-order valence-electron chi connectivity index (χ4n) is 4.08. The van der Waals surface area contributed by atoms with E-state index in [2.05, 4.69) is 32.9 Å². The molecule has 0 unspecified atom stereocenters. The number of aryl methyl sites for hydroxylation is 1. The van der Waals surface area contributed by atoms with Gasteiger partial charge in [0.1, 0.15) is 17.8 Å². The third-order valence-corrected chi connectivity index (χ3v) is 6.50. The molecule has 0 aliphatic heterocycles. The molecule has 2 aromatic heterocycles. The molecule has 0 N–H and O–H groups in total. The van der Waals surface area contributed by atoms with Crippen molar-refractivity contribution in [2.45, 2.75) is 26.2 Å². The molecule has 190 valence electrons. The molecule has 0 radical (unpaired) electrons. The van der Waals surface area contributed by atoms with Crippen LogP contribution in [0.4, 0.5) is 5.69 Å². The predicted octanol–water partition coefficient (Wildman–Crippen LogP) is 6.63. The molecule has 3 aromatic carbocycles. The van der Waals surface area contributed by atoms with Crippen molar-refractivity contribution in [1.29, 1.82) is 0 Å². The minimum Gasteiger partial charge on any atom is -0.438 e. The van der Waals surface area contributed by atoms with E-state index in [1.165, 1.54) is 16.8 Å². The van der Waals surface area contributed by atoms with Gasteiger partial charge in [0.05, 0.1) is 22.0 Å². The Hall–Kier alpha value is -4.44. The van der Waals surface area contributed by atoms with Gasteiger partial charge in [-0.25, -0.2) is 9.97 Å². The number of ether oxygens (including phenoxy) is 1. The van der Waals surface area contributed by atoms with Crippen LogP contribution in [0.3, 0.4) is 0 Å². The molecule has 0 bridgehead atoms. The molecule has 5 rings (SSSR count). The number of pyridine rings is 1. The third kappa shape index (κ3) is 5.16. The highest BCUT2D eigenvalue weighted by atomic mass is 79.9. The van der Waals surface area contributed by atoms with Crippen LogP contribution >= 0.6 is 15.9 Å². The Morgan fingerprint density at radius 1 is 1.11 bits per heavy atom. The fourth-order valence-corrected chi connectivity index (χ4v) is 4.44. The maximum absolute atomic E-state index is 13.5. The lowest BCUT2D eigenvalue weighted by molar-refractivity contribution is -0.385. The molecular weight excluding hydrogens is 550 g/mol. The Labute approximate surface area is 225 Å². The van der Waals surface area contributed by atoms with E-state index in [4.69, 9.17) is 9.72 Å². The van der Waals surface area contributed by atoms with Crippen molar-refractivity contribution in [3.63, 3.8) is 0 Å². The van der Waals surface area contributed by atoms with Crippen molar-refractivity contribution in [3.05, 3.63) is 109 Å². The normalized spacial score (nSPS) is 11.4. The summed E-state index contributed by atoms with van der Waals surface area (Å²) in [5, 5.41) is 17.9. The maximum Gasteiger partial charge on any atom is 0.287 e. The van der Waals surface area contributed by atoms with E-state index in [1.54, 1.807) is 18.3 Å². The highest BCUT2D eigenvalue weighted by Gasteiger charge is 2.14. The van der Waals surface area contributed by atoms with Crippen LogP contribution in [0.25, 0.3) is 21.7 Å². The van der Waals surface area contributed by atoms with Gasteiger partial charge < -0.3 is 4.74 Å². The summed E-state index contributed by atoms with van der Waals surface area (Å²) in [6, 6.07) is 19.6. The lowest BCUT2D eigenvalue weighted by Crippen LogP contribution is -2.22. The average molecular weight is 572 g/mol. The summed E-state index contributed by atoms with van der Waals surface area (Å²) in [6.45, 7) is 2.08. The van der Waals surface area contributed by atoms with Gasteiger partial charge in [-0.15, -0.1) is 0 Å². The van der Waals surface area contributed by atoms with E-state index in [0.29, 0.717) is 34.5 Å². The molecular formula is C28H22BrN5O4. The summed E-state index contributed by atoms with van der Waals surface area (Å²) >= 11 is 3.43. The minimum absolute atomic E-state index is 0.132. The summed E-state index contributed by atoms with van der Waals surface area (Å²) in [5.74, 6) is 1.20. The number of halogens is 1. The van der Waals surface area contributed by atoms with Gasteiger partial charge in [0.15, 0.2) is 0 Å². The lowest BCUT2D eigenvalue weighted by atomic mass is 10.0. The largest absolute Gasteiger partial charge is 0.438 e. The minimum atomic E-state index is -0.519. The van der Waals surface area contributed by atoms with Crippen molar-refractivity contribution in [2.24, 2.45) is 5.10 Å². The van der Waals surface area contributed by atoms with Gasteiger partial charge >= 0.3 is 0 Å². The van der Waals surface area contributed by atoms with Crippen molar-refractivity contribution in [2.75, 3.05) is 0 Å². The topological polar surface area (TPSA) is 113 Å². The summed E-state index contributed by atoms with van der Waals surface area (Å²) in [4.78, 5) is 32.8. The summed E-state index contributed by atoms with van der Waals surface area (Å²) < 4.78 is 8.14. The molecule has 0 amide bonds. The maximum atomic E-state index is 13.5. The first-order valence-electron chi connectivity index (χ1n) is 12.0. The number of nitro groups is 1. The number of hydrogen-bond acceptors (Lipinski definition) is 7.